The second-order valence-corrected chi connectivity index (χ2v) is 5.48. The van der Waals surface area contributed by atoms with Crippen LogP contribution in [0.25, 0.3) is 0 Å². The minimum Gasteiger partial charge on any atom is -0.466 e. The summed E-state index contributed by atoms with van der Waals surface area (Å²) in [6.45, 7) is -0.0292. The number of rotatable bonds is 3. The molecular formula is C14H13FINO5. The van der Waals surface area contributed by atoms with Crippen LogP contribution in [-0.4, -0.2) is 39.5 Å². The van der Waals surface area contributed by atoms with Crippen molar-refractivity contribution in [2.75, 3.05) is 32.5 Å². The van der Waals surface area contributed by atoms with E-state index in [0.29, 0.717) is 9.26 Å². The number of methoxy groups -OCH3 is 2. The molecule has 22 heavy (non-hydrogen) atoms. The van der Waals surface area contributed by atoms with E-state index in [-0.39, 0.29) is 30.4 Å². The number of carbonyl (C=O) groups is 2. The van der Waals surface area contributed by atoms with Gasteiger partial charge in [0.15, 0.2) is 0 Å². The van der Waals surface area contributed by atoms with Crippen LogP contribution in [0.15, 0.2) is 29.5 Å². The van der Waals surface area contributed by atoms with Crippen LogP contribution in [0.3, 0.4) is 0 Å². The lowest BCUT2D eigenvalue weighted by molar-refractivity contribution is -0.140. The van der Waals surface area contributed by atoms with E-state index in [1.165, 1.54) is 31.3 Å². The Kier molecular flexibility index (Phi) is 5.35. The summed E-state index contributed by atoms with van der Waals surface area (Å²) in [6.07, 6.45) is 0. The molecule has 6 nitrogen and oxygen atoms in total. The van der Waals surface area contributed by atoms with E-state index >= 15 is 0 Å². The first kappa shape index (κ1) is 16.7. The molecule has 1 aromatic carbocycles. The Balaban J connectivity index is 2.54. The predicted molar refractivity (Wildman–Crippen MR) is 83.5 cm³/mol. The largest absolute Gasteiger partial charge is 0.466 e. The van der Waals surface area contributed by atoms with E-state index < -0.39 is 11.9 Å². The molecule has 0 atom stereocenters. The fraction of sp³-hybridized carbons (Fsp3) is 0.286. The quantitative estimate of drug-likeness (QED) is 0.548. The maximum absolute atomic E-state index is 13.4. The molecule has 0 fully saturated rings. The van der Waals surface area contributed by atoms with E-state index in [0.717, 1.165) is 0 Å². The number of anilines is 1. The number of halogens is 2. The summed E-state index contributed by atoms with van der Waals surface area (Å²) < 4.78 is 28.5. The van der Waals surface area contributed by atoms with Crippen LogP contribution in [0.1, 0.15) is 0 Å². The molecule has 0 unspecified atom stereocenters. The second-order valence-electron chi connectivity index (χ2n) is 4.31. The summed E-state index contributed by atoms with van der Waals surface area (Å²) in [5.74, 6) is -1.75. The minimum atomic E-state index is -0.692. The highest BCUT2D eigenvalue weighted by atomic mass is 127. The lowest BCUT2D eigenvalue weighted by Crippen LogP contribution is -2.38. The normalized spacial score (nSPS) is 14.8. The Morgan fingerprint density at radius 1 is 1.27 bits per heavy atom. The molecule has 0 saturated heterocycles. The van der Waals surface area contributed by atoms with Crippen molar-refractivity contribution in [2.24, 2.45) is 0 Å². The third kappa shape index (κ3) is 3.22. The molecule has 0 amide bonds. The van der Waals surface area contributed by atoms with Gasteiger partial charge in [0, 0.05) is 5.69 Å². The number of carbonyl (C=O) groups excluding carboxylic acids is 2. The third-order valence-electron chi connectivity index (χ3n) is 3.05. The number of ether oxygens (including phenoxy) is 3. The first-order valence-electron chi connectivity index (χ1n) is 6.19. The van der Waals surface area contributed by atoms with Crippen LogP contribution in [-0.2, 0) is 23.8 Å². The summed E-state index contributed by atoms with van der Waals surface area (Å²) in [5, 5.41) is 0. The van der Waals surface area contributed by atoms with Crippen molar-refractivity contribution in [3.05, 3.63) is 38.9 Å². The van der Waals surface area contributed by atoms with Gasteiger partial charge in [-0.3, -0.25) is 0 Å². The Hall–Kier alpha value is -1.68. The van der Waals surface area contributed by atoms with E-state index in [1.54, 1.807) is 6.07 Å². The lowest BCUT2D eigenvalue weighted by atomic mass is 10.1. The van der Waals surface area contributed by atoms with Crippen molar-refractivity contribution in [2.45, 2.75) is 0 Å². The van der Waals surface area contributed by atoms with Gasteiger partial charge in [-0.15, -0.1) is 0 Å². The summed E-state index contributed by atoms with van der Waals surface area (Å²) in [4.78, 5) is 25.4. The van der Waals surface area contributed by atoms with Crippen molar-refractivity contribution >= 4 is 40.2 Å². The molecule has 0 spiro atoms. The molecule has 1 aromatic rings. The van der Waals surface area contributed by atoms with Gasteiger partial charge in [0.2, 0.25) is 0 Å². The Morgan fingerprint density at radius 3 is 2.55 bits per heavy atom. The zero-order chi connectivity index (χ0) is 16.3. The Bertz CT molecular complexity index is 646. The Morgan fingerprint density at radius 2 is 1.95 bits per heavy atom. The molecule has 0 saturated carbocycles. The van der Waals surface area contributed by atoms with Crippen molar-refractivity contribution in [1.29, 1.82) is 0 Å². The number of hydrogen-bond donors (Lipinski definition) is 0. The molecule has 0 N–H and O–H groups in total. The average Bonchev–Trinajstić information content (AvgIpc) is 2.55. The first-order valence-corrected chi connectivity index (χ1v) is 7.27. The van der Waals surface area contributed by atoms with E-state index in [9.17, 15) is 14.0 Å². The summed E-state index contributed by atoms with van der Waals surface area (Å²) in [7, 11) is 2.43. The molecular weight excluding hydrogens is 408 g/mol. The topological polar surface area (TPSA) is 65.1 Å². The van der Waals surface area contributed by atoms with Crippen LogP contribution >= 0.6 is 22.6 Å². The van der Waals surface area contributed by atoms with E-state index in [4.69, 9.17) is 9.47 Å². The van der Waals surface area contributed by atoms with Crippen LogP contribution in [0.2, 0.25) is 0 Å². The number of benzene rings is 1. The first-order chi connectivity index (χ1) is 10.5. The summed E-state index contributed by atoms with van der Waals surface area (Å²) in [6, 6.07) is 4.31. The monoisotopic (exact) mass is 421 g/mol. The minimum absolute atomic E-state index is 0.0306. The molecule has 0 radical (unpaired) electrons. The van der Waals surface area contributed by atoms with Crippen LogP contribution in [0.5, 0.6) is 0 Å². The van der Waals surface area contributed by atoms with Crippen molar-refractivity contribution < 1.29 is 28.2 Å². The zero-order valence-corrected chi connectivity index (χ0v) is 14.0. The summed E-state index contributed by atoms with van der Waals surface area (Å²) in [5.41, 5.74) is 0.593. The van der Waals surface area contributed by atoms with Gasteiger partial charge < -0.3 is 19.1 Å². The molecule has 1 aliphatic heterocycles. The van der Waals surface area contributed by atoms with Gasteiger partial charge in [0.25, 0.3) is 0 Å². The van der Waals surface area contributed by atoms with Crippen molar-refractivity contribution in [3.63, 3.8) is 0 Å². The maximum Gasteiger partial charge on any atom is 0.355 e. The molecule has 1 heterocycles. The smallest absolute Gasteiger partial charge is 0.355 e. The second kappa shape index (κ2) is 7.05. The Labute approximate surface area is 140 Å². The van der Waals surface area contributed by atoms with Crippen LogP contribution in [0, 0.1) is 9.39 Å². The van der Waals surface area contributed by atoms with Crippen molar-refractivity contribution in [1.82, 2.24) is 0 Å². The van der Waals surface area contributed by atoms with Gasteiger partial charge in [0.1, 0.15) is 18.2 Å². The number of nitrogens with zero attached hydrogens (tertiary/aromatic N) is 1. The zero-order valence-electron chi connectivity index (χ0n) is 11.9. The molecule has 0 aliphatic carbocycles. The summed E-state index contributed by atoms with van der Waals surface area (Å²) >= 11 is 1.84. The van der Waals surface area contributed by atoms with Gasteiger partial charge >= 0.3 is 11.9 Å². The van der Waals surface area contributed by atoms with Crippen molar-refractivity contribution in [3.8, 4) is 0 Å². The average molecular weight is 421 g/mol. The highest BCUT2D eigenvalue weighted by Crippen LogP contribution is 2.28. The molecule has 1 aliphatic rings. The number of hydrogen-bond acceptors (Lipinski definition) is 6. The highest BCUT2D eigenvalue weighted by molar-refractivity contribution is 14.1. The highest BCUT2D eigenvalue weighted by Gasteiger charge is 2.32. The fourth-order valence-electron chi connectivity index (χ4n) is 2.00. The number of esters is 2. The standard InChI is InChI=1S/C14H13FINO5/c1-20-13(18)9-6-22-7-17(12(9)14(19)21-2)8-3-4-10(15)11(16)5-8/h3-5H,6-7H2,1-2H3. The third-order valence-corrected chi connectivity index (χ3v) is 3.87. The lowest BCUT2D eigenvalue weighted by Gasteiger charge is -2.31. The molecule has 0 bridgehead atoms. The van der Waals surface area contributed by atoms with E-state index in [1.807, 2.05) is 22.6 Å². The maximum atomic E-state index is 13.4. The molecule has 118 valence electrons. The van der Waals surface area contributed by atoms with Gasteiger partial charge in [-0.05, 0) is 40.8 Å². The molecule has 2 rings (SSSR count). The van der Waals surface area contributed by atoms with Gasteiger partial charge in [-0.1, -0.05) is 0 Å². The molecule has 8 heteroatoms. The van der Waals surface area contributed by atoms with Gasteiger partial charge in [-0.2, -0.15) is 0 Å². The van der Waals surface area contributed by atoms with Gasteiger partial charge in [0.05, 0.1) is 30.0 Å². The van der Waals surface area contributed by atoms with Crippen LogP contribution < -0.4 is 4.90 Å². The van der Waals surface area contributed by atoms with E-state index in [2.05, 4.69) is 4.74 Å². The predicted octanol–water partition coefficient (Wildman–Crippen LogP) is 1.82. The SMILES string of the molecule is COC(=O)C1=C(C(=O)OC)N(c2ccc(F)c(I)c2)COC1. The van der Waals surface area contributed by atoms with Crippen LogP contribution in [0.4, 0.5) is 10.1 Å². The molecule has 0 aromatic heterocycles. The fourth-order valence-corrected chi connectivity index (χ4v) is 2.50. The van der Waals surface area contributed by atoms with Gasteiger partial charge in [-0.25, -0.2) is 14.0 Å².